The normalized spacial score (nSPS) is 14.2. The van der Waals surface area contributed by atoms with Gasteiger partial charge in [-0.15, -0.1) is 0 Å². The molecule has 6 nitrogen and oxygen atoms in total. The lowest BCUT2D eigenvalue weighted by Gasteiger charge is -2.29. The van der Waals surface area contributed by atoms with Crippen molar-refractivity contribution in [2.24, 2.45) is 0 Å². The zero-order valence-electron chi connectivity index (χ0n) is 20.8. The van der Waals surface area contributed by atoms with E-state index < -0.39 is 0 Å². The molecule has 2 aromatic carbocycles. The van der Waals surface area contributed by atoms with Crippen molar-refractivity contribution in [3.05, 3.63) is 81.1 Å². The molecule has 2 heterocycles. The van der Waals surface area contributed by atoms with Gasteiger partial charge in [0.05, 0.1) is 25.3 Å². The average Bonchev–Trinajstić information content (AvgIpc) is 2.85. The van der Waals surface area contributed by atoms with Crippen LogP contribution in [0.1, 0.15) is 28.7 Å². The van der Waals surface area contributed by atoms with Crippen molar-refractivity contribution in [1.29, 1.82) is 0 Å². The first-order chi connectivity index (χ1) is 17.0. The SMILES string of the molecule is Cc1cc(C)c2[nH]c(=O)c(CN(CCCN3CCOCC3)C(=S)NCCc3ccccc3)cc2c1. The van der Waals surface area contributed by atoms with Gasteiger partial charge in [0.1, 0.15) is 0 Å². The van der Waals surface area contributed by atoms with Gasteiger partial charge in [-0.1, -0.05) is 42.0 Å². The molecule has 3 aromatic rings. The summed E-state index contributed by atoms with van der Waals surface area (Å²) < 4.78 is 5.47. The Morgan fingerprint density at radius 3 is 2.69 bits per heavy atom. The van der Waals surface area contributed by atoms with Crippen LogP contribution >= 0.6 is 12.2 Å². The van der Waals surface area contributed by atoms with E-state index in [9.17, 15) is 4.79 Å². The fourth-order valence-corrected chi connectivity index (χ4v) is 4.95. The molecule has 1 aliphatic heterocycles. The average molecular weight is 493 g/mol. The van der Waals surface area contributed by atoms with Crippen molar-refractivity contribution in [2.75, 3.05) is 45.9 Å². The monoisotopic (exact) mass is 492 g/mol. The van der Waals surface area contributed by atoms with Crippen LogP contribution in [-0.2, 0) is 17.7 Å². The highest BCUT2D eigenvalue weighted by Gasteiger charge is 2.16. The molecular weight excluding hydrogens is 456 g/mol. The number of thiocarbonyl (C=S) groups is 1. The molecule has 186 valence electrons. The second-order valence-electron chi connectivity index (χ2n) is 9.37. The number of rotatable bonds is 9. The highest BCUT2D eigenvalue weighted by molar-refractivity contribution is 7.80. The van der Waals surface area contributed by atoms with Crippen LogP contribution < -0.4 is 10.9 Å². The van der Waals surface area contributed by atoms with Gasteiger partial charge in [-0.25, -0.2) is 0 Å². The fourth-order valence-electron chi connectivity index (χ4n) is 4.69. The Morgan fingerprint density at radius 2 is 1.91 bits per heavy atom. The van der Waals surface area contributed by atoms with Crippen molar-refractivity contribution in [3.8, 4) is 0 Å². The summed E-state index contributed by atoms with van der Waals surface area (Å²) in [5.41, 5.74) is 5.15. The largest absolute Gasteiger partial charge is 0.379 e. The summed E-state index contributed by atoms with van der Waals surface area (Å²) in [4.78, 5) is 20.7. The number of morpholine rings is 1. The van der Waals surface area contributed by atoms with Crippen LogP contribution in [0.3, 0.4) is 0 Å². The van der Waals surface area contributed by atoms with Crippen molar-refractivity contribution < 1.29 is 4.74 Å². The predicted octanol–water partition coefficient (Wildman–Crippen LogP) is 3.79. The van der Waals surface area contributed by atoms with Crippen LogP contribution in [-0.4, -0.2) is 65.8 Å². The fraction of sp³-hybridized carbons (Fsp3) is 0.429. The van der Waals surface area contributed by atoms with E-state index in [0.717, 1.165) is 80.8 Å². The van der Waals surface area contributed by atoms with Crippen LogP contribution in [0.5, 0.6) is 0 Å². The van der Waals surface area contributed by atoms with Crippen LogP contribution in [0.15, 0.2) is 53.3 Å². The maximum Gasteiger partial charge on any atom is 0.253 e. The number of aromatic amines is 1. The zero-order chi connectivity index (χ0) is 24.6. The minimum absolute atomic E-state index is 0.0466. The number of ether oxygens (including phenoxy) is 1. The molecule has 0 spiro atoms. The minimum Gasteiger partial charge on any atom is -0.379 e. The molecule has 0 bridgehead atoms. The van der Waals surface area contributed by atoms with E-state index in [-0.39, 0.29) is 5.56 Å². The smallest absolute Gasteiger partial charge is 0.253 e. The van der Waals surface area contributed by atoms with Gasteiger partial charge in [-0.2, -0.15) is 0 Å². The molecule has 2 N–H and O–H groups in total. The third kappa shape index (κ3) is 7.13. The number of aromatic nitrogens is 1. The van der Waals surface area contributed by atoms with E-state index in [0.29, 0.717) is 11.7 Å². The first-order valence-corrected chi connectivity index (χ1v) is 12.9. The Hall–Kier alpha value is -2.74. The number of H-pyrrole nitrogens is 1. The Kier molecular flexibility index (Phi) is 8.90. The number of nitrogens with zero attached hydrogens (tertiary/aromatic N) is 2. The van der Waals surface area contributed by atoms with Gasteiger partial charge < -0.3 is 19.9 Å². The number of benzene rings is 2. The van der Waals surface area contributed by atoms with E-state index in [1.807, 2.05) is 19.1 Å². The van der Waals surface area contributed by atoms with Crippen LogP contribution in [0, 0.1) is 13.8 Å². The van der Waals surface area contributed by atoms with Gasteiger partial charge in [-0.3, -0.25) is 9.69 Å². The molecule has 0 unspecified atom stereocenters. The van der Waals surface area contributed by atoms with Gasteiger partial charge in [-0.05, 0) is 67.6 Å². The molecule has 1 fully saturated rings. The zero-order valence-corrected chi connectivity index (χ0v) is 21.6. The van der Waals surface area contributed by atoms with E-state index >= 15 is 0 Å². The van der Waals surface area contributed by atoms with E-state index in [1.165, 1.54) is 11.1 Å². The second-order valence-corrected chi connectivity index (χ2v) is 9.75. The Labute approximate surface area is 213 Å². The molecule has 35 heavy (non-hydrogen) atoms. The van der Waals surface area contributed by atoms with Crippen LogP contribution in [0.4, 0.5) is 0 Å². The van der Waals surface area contributed by atoms with Crippen molar-refractivity contribution >= 4 is 28.2 Å². The molecule has 0 amide bonds. The highest BCUT2D eigenvalue weighted by atomic mass is 32.1. The lowest BCUT2D eigenvalue weighted by molar-refractivity contribution is 0.0367. The Bertz CT molecular complexity index is 1190. The minimum atomic E-state index is -0.0466. The number of pyridine rings is 1. The van der Waals surface area contributed by atoms with Gasteiger partial charge in [0.15, 0.2) is 5.11 Å². The summed E-state index contributed by atoms with van der Waals surface area (Å²) in [7, 11) is 0. The van der Waals surface area contributed by atoms with Crippen LogP contribution in [0.2, 0.25) is 0 Å². The van der Waals surface area contributed by atoms with Gasteiger partial charge >= 0.3 is 0 Å². The summed E-state index contributed by atoms with van der Waals surface area (Å²) >= 11 is 5.81. The standard InChI is InChI=1S/C28H36N4O2S/c1-21-17-22(2)26-24(18-21)19-25(27(33)30-26)20-32(12-6-11-31-13-15-34-16-14-31)28(35)29-10-9-23-7-4-3-5-8-23/h3-5,7-8,17-19H,6,9-16,20H2,1-2H3,(H,29,35)(H,30,33). The van der Waals surface area contributed by atoms with Crippen molar-refractivity contribution in [2.45, 2.75) is 33.2 Å². The molecular formula is C28H36N4O2S. The first-order valence-electron chi connectivity index (χ1n) is 12.5. The molecule has 1 aliphatic rings. The molecule has 0 radical (unpaired) electrons. The van der Waals surface area contributed by atoms with Gasteiger partial charge in [0, 0.05) is 38.3 Å². The van der Waals surface area contributed by atoms with E-state index in [4.69, 9.17) is 17.0 Å². The topological polar surface area (TPSA) is 60.6 Å². The molecule has 7 heteroatoms. The molecule has 0 saturated carbocycles. The summed E-state index contributed by atoms with van der Waals surface area (Å²) in [5.74, 6) is 0. The number of hydrogen-bond donors (Lipinski definition) is 2. The number of hydrogen-bond acceptors (Lipinski definition) is 4. The predicted molar refractivity (Wildman–Crippen MR) is 147 cm³/mol. The molecule has 0 atom stereocenters. The summed E-state index contributed by atoms with van der Waals surface area (Å²) in [6.07, 6.45) is 1.88. The van der Waals surface area contributed by atoms with Crippen LogP contribution in [0.25, 0.3) is 10.9 Å². The van der Waals surface area contributed by atoms with Gasteiger partial charge in [0.25, 0.3) is 5.56 Å². The highest BCUT2D eigenvalue weighted by Crippen LogP contribution is 2.18. The molecule has 1 aromatic heterocycles. The Balaban J connectivity index is 1.46. The summed E-state index contributed by atoms with van der Waals surface area (Å²) in [6, 6.07) is 16.6. The summed E-state index contributed by atoms with van der Waals surface area (Å²) in [5, 5.41) is 5.19. The Morgan fingerprint density at radius 1 is 1.14 bits per heavy atom. The molecule has 4 rings (SSSR count). The van der Waals surface area contributed by atoms with E-state index in [2.05, 4.69) is 63.4 Å². The number of aryl methyl sites for hydroxylation is 2. The maximum atomic E-state index is 13.0. The molecule has 1 saturated heterocycles. The van der Waals surface area contributed by atoms with Crippen molar-refractivity contribution in [1.82, 2.24) is 20.1 Å². The third-order valence-corrected chi connectivity index (χ3v) is 6.96. The lowest BCUT2D eigenvalue weighted by Crippen LogP contribution is -2.43. The second kappa shape index (κ2) is 12.3. The van der Waals surface area contributed by atoms with Crippen molar-refractivity contribution in [3.63, 3.8) is 0 Å². The molecule has 0 aliphatic carbocycles. The number of nitrogens with one attached hydrogen (secondary N) is 2. The summed E-state index contributed by atoms with van der Waals surface area (Å²) in [6.45, 7) is 10.7. The van der Waals surface area contributed by atoms with E-state index in [1.54, 1.807) is 0 Å². The van der Waals surface area contributed by atoms with Gasteiger partial charge in [0.2, 0.25) is 0 Å². The first kappa shape index (κ1) is 25.4. The number of fused-ring (bicyclic) bond motifs is 1. The quantitative estimate of drug-likeness (QED) is 0.444. The maximum absolute atomic E-state index is 13.0. The lowest BCUT2D eigenvalue weighted by atomic mass is 10.1. The third-order valence-electron chi connectivity index (χ3n) is 6.56.